The van der Waals surface area contributed by atoms with Gasteiger partial charge in [0.25, 0.3) is 0 Å². The van der Waals surface area contributed by atoms with Gasteiger partial charge in [0, 0.05) is 13.0 Å². The summed E-state index contributed by atoms with van der Waals surface area (Å²) in [5.74, 6) is 0.655. The third kappa shape index (κ3) is 2.82. The molecule has 0 spiro atoms. The molecule has 0 aliphatic heterocycles. The number of hydrogen-bond acceptors (Lipinski definition) is 2. The minimum atomic E-state index is -0.217. The maximum atomic E-state index is 12.7. The second-order valence-electron chi connectivity index (χ2n) is 3.77. The zero-order chi connectivity index (χ0) is 12.3. The molecule has 1 aromatic carbocycles. The highest BCUT2D eigenvalue weighted by atomic mass is 35.5. The Kier molecular flexibility index (Phi) is 3.74. The van der Waals surface area contributed by atoms with Crippen molar-refractivity contribution in [3.8, 4) is 0 Å². The summed E-state index contributed by atoms with van der Waals surface area (Å²) in [6.45, 7) is 2.72. The molecule has 0 aliphatic rings. The molecule has 0 saturated carbocycles. The zero-order valence-corrected chi connectivity index (χ0v) is 10.3. The van der Waals surface area contributed by atoms with Gasteiger partial charge in [-0.05, 0) is 35.7 Å². The van der Waals surface area contributed by atoms with Gasteiger partial charge < -0.3 is 4.57 Å². The molecule has 1 heterocycles. The molecule has 2 rings (SSSR count). The number of benzene rings is 1. The molecule has 5 heteroatoms. The lowest BCUT2D eigenvalue weighted by Gasteiger charge is -2.06. The van der Waals surface area contributed by atoms with Crippen LogP contribution in [0.5, 0.6) is 0 Å². The molecule has 90 valence electrons. The maximum Gasteiger partial charge on any atom is 0.225 e. The number of aryl methyl sites for hydroxylation is 2. The van der Waals surface area contributed by atoms with Crippen molar-refractivity contribution < 1.29 is 4.39 Å². The average Bonchev–Trinajstić information content (AvgIpc) is 2.69. The van der Waals surface area contributed by atoms with Gasteiger partial charge in [-0.15, -0.1) is 10.2 Å². The first kappa shape index (κ1) is 12.0. The quantitative estimate of drug-likeness (QED) is 0.839. The van der Waals surface area contributed by atoms with E-state index < -0.39 is 0 Å². The van der Waals surface area contributed by atoms with Crippen LogP contribution in [0.2, 0.25) is 5.28 Å². The highest BCUT2D eigenvalue weighted by Crippen LogP contribution is 2.11. The molecule has 0 saturated heterocycles. The van der Waals surface area contributed by atoms with E-state index in [1.807, 2.05) is 11.5 Å². The summed E-state index contributed by atoms with van der Waals surface area (Å²) in [6, 6.07) is 6.48. The van der Waals surface area contributed by atoms with E-state index in [2.05, 4.69) is 10.2 Å². The second kappa shape index (κ2) is 5.27. The Hall–Kier alpha value is -1.42. The number of halogens is 2. The zero-order valence-electron chi connectivity index (χ0n) is 9.53. The number of rotatable bonds is 4. The van der Waals surface area contributed by atoms with Crippen LogP contribution in [0.3, 0.4) is 0 Å². The molecule has 2 aromatic rings. The Balaban J connectivity index is 2.06. The van der Waals surface area contributed by atoms with Crippen molar-refractivity contribution in [3.05, 3.63) is 46.8 Å². The Bertz CT molecular complexity index is 493. The van der Waals surface area contributed by atoms with E-state index in [1.54, 1.807) is 12.1 Å². The summed E-state index contributed by atoms with van der Waals surface area (Å²) < 4.78 is 14.6. The molecule has 0 radical (unpaired) electrons. The molecule has 0 N–H and O–H groups in total. The van der Waals surface area contributed by atoms with E-state index in [0.29, 0.717) is 11.8 Å². The molecule has 3 nitrogen and oxygen atoms in total. The fourth-order valence-corrected chi connectivity index (χ4v) is 1.91. The molecule has 0 amide bonds. The summed E-state index contributed by atoms with van der Waals surface area (Å²) in [7, 11) is 0. The predicted octanol–water partition coefficient (Wildman–Crippen LogP) is 2.88. The standard InChI is InChI=1S/C12H13ClFN3/c1-2-11-15-16-12(13)17(11)8-7-9-3-5-10(14)6-4-9/h3-6H,2,7-8H2,1H3. The molecular weight excluding hydrogens is 241 g/mol. The molecule has 0 fully saturated rings. The van der Waals surface area contributed by atoms with Gasteiger partial charge in [0.15, 0.2) is 0 Å². The second-order valence-corrected chi connectivity index (χ2v) is 4.10. The van der Waals surface area contributed by atoms with Crippen molar-refractivity contribution in [2.24, 2.45) is 0 Å². The molecular formula is C12H13ClFN3. The predicted molar refractivity (Wildman–Crippen MR) is 64.5 cm³/mol. The topological polar surface area (TPSA) is 30.7 Å². The SMILES string of the molecule is CCc1nnc(Cl)n1CCc1ccc(F)cc1. The Morgan fingerprint density at radius 2 is 1.94 bits per heavy atom. The van der Waals surface area contributed by atoms with Gasteiger partial charge in [-0.3, -0.25) is 0 Å². The van der Waals surface area contributed by atoms with Gasteiger partial charge in [-0.1, -0.05) is 19.1 Å². The van der Waals surface area contributed by atoms with Crippen LogP contribution in [-0.4, -0.2) is 14.8 Å². The summed E-state index contributed by atoms with van der Waals surface area (Å²) in [5, 5.41) is 8.22. The number of nitrogens with zero attached hydrogens (tertiary/aromatic N) is 3. The summed E-state index contributed by atoms with van der Waals surface area (Å²) in [4.78, 5) is 0. The molecule has 0 atom stereocenters. The third-order valence-corrected chi connectivity index (χ3v) is 2.92. The van der Waals surface area contributed by atoms with E-state index in [0.717, 1.165) is 24.2 Å². The van der Waals surface area contributed by atoms with Crippen LogP contribution in [0.1, 0.15) is 18.3 Å². The van der Waals surface area contributed by atoms with Crippen LogP contribution in [0, 0.1) is 5.82 Å². The Morgan fingerprint density at radius 1 is 1.24 bits per heavy atom. The van der Waals surface area contributed by atoms with Gasteiger partial charge >= 0.3 is 0 Å². The van der Waals surface area contributed by atoms with Crippen LogP contribution in [-0.2, 0) is 19.4 Å². The summed E-state index contributed by atoms with van der Waals surface area (Å²) in [6.07, 6.45) is 1.58. The minimum absolute atomic E-state index is 0.217. The highest BCUT2D eigenvalue weighted by Gasteiger charge is 2.08. The van der Waals surface area contributed by atoms with Gasteiger partial charge in [0.1, 0.15) is 11.6 Å². The first-order chi connectivity index (χ1) is 8.20. The average molecular weight is 254 g/mol. The van der Waals surface area contributed by atoms with E-state index in [-0.39, 0.29) is 5.82 Å². The van der Waals surface area contributed by atoms with E-state index in [9.17, 15) is 4.39 Å². The van der Waals surface area contributed by atoms with E-state index >= 15 is 0 Å². The number of aromatic nitrogens is 3. The summed E-state index contributed by atoms with van der Waals surface area (Å²) in [5.41, 5.74) is 1.07. The van der Waals surface area contributed by atoms with Crippen LogP contribution >= 0.6 is 11.6 Å². The Morgan fingerprint density at radius 3 is 2.59 bits per heavy atom. The fourth-order valence-electron chi connectivity index (χ4n) is 1.69. The van der Waals surface area contributed by atoms with Crippen molar-refractivity contribution in [1.82, 2.24) is 14.8 Å². The first-order valence-electron chi connectivity index (χ1n) is 5.52. The van der Waals surface area contributed by atoms with Crippen molar-refractivity contribution in [3.63, 3.8) is 0 Å². The van der Waals surface area contributed by atoms with Crippen molar-refractivity contribution in [2.45, 2.75) is 26.3 Å². The van der Waals surface area contributed by atoms with Crippen LogP contribution in [0.25, 0.3) is 0 Å². The lowest BCUT2D eigenvalue weighted by Crippen LogP contribution is -2.05. The molecule has 1 aromatic heterocycles. The molecule has 0 unspecified atom stereocenters. The first-order valence-corrected chi connectivity index (χ1v) is 5.90. The largest absolute Gasteiger partial charge is 0.301 e. The van der Waals surface area contributed by atoms with Crippen molar-refractivity contribution >= 4 is 11.6 Å². The molecule has 17 heavy (non-hydrogen) atoms. The smallest absolute Gasteiger partial charge is 0.225 e. The minimum Gasteiger partial charge on any atom is -0.301 e. The van der Waals surface area contributed by atoms with Crippen LogP contribution in [0.4, 0.5) is 4.39 Å². The highest BCUT2D eigenvalue weighted by molar-refractivity contribution is 6.28. The normalized spacial score (nSPS) is 10.8. The fraction of sp³-hybridized carbons (Fsp3) is 0.333. The lowest BCUT2D eigenvalue weighted by atomic mass is 10.1. The number of hydrogen-bond donors (Lipinski definition) is 0. The summed E-state index contributed by atoms with van der Waals surface area (Å²) >= 11 is 5.94. The Labute approximate surface area is 104 Å². The van der Waals surface area contributed by atoms with Gasteiger partial charge in [0.05, 0.1) is 0 Å². The van der Waals surface area contributed by atoms with Crippen LogP contribution < -0.4 is 0 Å². The maximum absolute atomic E-state index is 12.7. The van der Waals surface area contributed by atoms with E-state index in [1.165, 1.54) is 12.1 Å². The molecule has 0 aliphatic carbocycles. The van der Waals surface area contributed by atoms with Crippen molar-refractivity contribution in [2.75, 3.05) is 0 Å². The molecule has 0 bridgehead atoms. The van der Waals surface area contributed by atoms with E-state index in [4.69, 9.17) is 11.6 Å². The van der Waals surface area contributed by atoms with Gasteiger partial charge in [-0.2, -0.15) is 0 Å². The van der Waals surface area contributed by atoms with Gasteiger partial charge in [0.2, 0.25) is 5.28 Å². The van der Waals surface area contributed by atoms with Crippen molar-refractivity contribution in [1.29, 1.82) is 0 Å². The lowest BCUT2D eigenvalue weighted by molar-refractivity contribution is 0.624. The van der Waals surface area contributed by atoms with Gasteiger partial charge in [-0.25, -0.2) is 4.39 Å². The van der Waals surface area contributed by atoms with Crippen LogP contribution in [0.15, 0.2) is 24.3 Å². The third-order valence-electron chi connectivity index (χ3n) is 2.64. The monoisotopic (exact) mass is 253 g/mol.